The average molecular weight is 442 g/mol. The third-order valence-corrected chi connectivity index (χ3v) is 6.35. The van der Waals surface area contributed by atoms with Crippen molar-refractivity contribution in [3.05, 3.63) is 65.5 Å². The van der Waals surface area contributed by atoms with Crippen LogP contribution in [0.25, 0.3) is 0 Å². The van der Waals surface area contributed by atoms with Crippen molar-refractivity contribution in [3.8, 4) is 5.75 Å². The van der Waals surface area contributed by atoms with Crippen molar-refractivity contribution in [1.29, 1.82) is 0 Å². The molecule has 0 amide bonds. The van der Waals surface area contributed by atoms with Gasteiger partial charge in [-0.1, -0.05) is 38.1 Å². The summed E-state index contributed by atoms with van der Waals surface area (Å²) in [6.07, 6.45) is 2.21. The molecule has 2 saturated heterocycles. The summed E-state index contributed by atoms with van der Waals surface area (Å²) in [4.78, 5) is 4.83. The van der Waals surface area contributed by atoms with E-state index < -0.39 is 5.85 Å². The molecule has 174 valence electrons. The van der Waals surface area contributed by atoms with E-state index in [0.717, 1.165) is 56.9 Å². The van der Waals surface area contributed by atoms with Gasteiger partial charge in [0, 0.05) is 19.1 Å². The first-order valence-electron chi connectivity index (χ1n) is 11.7. The topological polar surface area (TPSA) is 40.3 Å². The molecule has 1 atom stereocenters. The number of piperidine rings is 1. The summed E-state index contributed by atoms with van der Waals surface area (Å²) < 4.78 is 25.3. The summed E-state index contributed by atoms with van der Waals surface area (Å²) in [7, 11) is 2.18. The maximum Gasteiger partial charge on any atom is 0.202 e. The van der Waals surface area contributed by atoms with Gasteiger partial charge in [-0.15, -0.1) is 0 Å². The summed E-state index contributed by atoms with van der Waals surface area (Å²) in [5.41, 5.74) is 2.30. The number of nitrogens with zero attached hydrogens (tertiary/aromatic N) is 2. The maximum atomic E-state index is 13.4. The first kappa shape index (κ1) is 23.2. The molecular weight excluding hydrogens is 405 g/mol. The number of nitrogens with one attached hydrogen (secondary N) is 1. The van der Waals surface area contributed by atoms with Gasteiger partial charge in [-0.2, -0.15) is 0 Å². The number of benzene rings is 2. The molecule has 0 saturated carbocycles. The molecule has 0 aliphatic carbocycles. The molecule has 6 heteroatoms. The highest BCUT2D eigenvalue weighted by Gasteiger charge is 2.52. The van der Waals surface area contributed by atoms with Crippen LogP contribution in [0.15, 0.2) is 48.5 Å². The lowest BCUT2D eigenvalue weighted by Crippen LogP contribution is -2.55. The summed E-state index contributed by atoms with van der Waals surface area (Å²) in [6, 6.07) is 15.6. The Bertz CT molecular complexity index is 844. The van der Waals surface area contributed by atoms with Crippen molar-refractivity contribution >= 4 is 0 Å². The molecule has 0 spiro atoms. The normalized spacial score (nSPS) is 21.9. The molecule has 0 bridgehead atoms. The van der Waals surface area contributed by atoms with Crippen molar-refractivity contribution in [2.75, 3.05) is 33.4 Å². The lowest BCUT2D eigenvalue weighted by Gasteiger charge is -2.40. The Morgan fingerprint density at radius 2 is 1.72 bits per heavy atom. The van der Waals surface area contributed by atoms with Crippen molar-refractivity contribution in [2.24, 2.45) is 5.92 Å². The first-order chi connectivity index (χ1) is 15.4. The standard InChI is InChI=1S/C26H36FN3O2/c1-20(2)18-31-25-10-6-21(7-11-25)16-28-26(19-32-26)30(24-12-14-29(3)15-13-24)17-22-4-8-23(27)9-5-22/h4-11,20,24,28H,12-19H2,1-3H3. The van der Waals surface area contributed by atoms with Crippen molar-refractivity contribution in [3.63, 3.8) is 0 Å². The smallest absolute Gasteiger partial charge is 0.202 e. The number of hydrogen-bond donors (Lipinski definition) is 1. The van der Waals surface area contributed by atoms with Gasteiger partial charge in [0.1, 0.15) is 18.2 Å². The van der Waals surface area contributed by atoms with Gasteiger partial charge in [-0.05, 0) is 74.3 Å². The Kier molecular flexibility index (Phi) is 7.46. The highest BCUT2D eigenvalue weighted by atomic mass is 19.1. The van der Waals surface area contributed by atoms with Crippen LogP contribution in [-0.4, -0.2) is 55.0 Å². The number of halogens is 1. The minimum absolute atomic E-state index is 0.198. The monoisotopic (exact) mass is 441 g/mol. The highest BCUT2D eigenvalue weighted by molar-refractivity contribution is 5.27. The fraction of sp³-hybridized carbons (Fsp3) is 0.538. The van der Waals surface area contributed by atoms with Gasteiger partial charge in [0.15, 0.2) is 0 Å². The van der Waals surface area contributed by atoms with E-state index in [1.807, 2.05) is 24.3 Å². The Balaban J connectivity index is 1.42. The molecule has 5 nitrogen and oxygen atoms in total. The second-order valence-electron chi connectivity index (χ2n) is 9.56. The minimum atomic E-state index is -0.457. The molecule has 0 radical (unpaired) electrons. The third kappa shape index (κ3) is 6.07. The van der Waals surface area contributed by atoms with E-state index in [9.17, 15) is 4.39 Å². The number of ether oxygens (including phenoxy) is 2. The molecule has 2 aliphatic heterocycles. The Morgan fingerprint density at radius 3 is 2.31 bits per heavy atom. The van der Waals surface area contributed by atoms with E-state index in [0.29, 0.717) is 18.6 Å². The second kappa shape index (κ2) is 10.3. The number of epoxide rings is 1. The van der Waals surface area contributed by atoms with Crippen LogP contribution >= 0.6 is 0 Å². The van der Waals surface area contributed by atoms with Gasteiger partial charge in [-0.25, -0.2) is 4.39 Å². The van der Waals surface area contributed by atoms with E-state index in [1.54, 1.807) is 12.1 Å². The molecule has 1 N–H and O–H groups in total. The lowest BCUT2D eigenvalue weighted by atomic mass is 10.0. The molecule has 2 fully saturated rings. The van der Waals surface area contributed by atoms with Crippen LogP contribution in [0, 0.1) is 11.7 Å². The Morgan fingerprint density at radius 1 is 1.09 bits per heavy atom. The van der Waals surface area contributed by atoms with E-state index in [2.05, 4.69) is 48.1 Å². The zero-order valence-electron chi connectivity index (χ0n) is 19.5. The van der Waals surface area contributed by atoms with Crippen LogP contribution in [-0.2, 0) is 17.8 Å². The van der Waals surface area contributed by atoms with E-state index in [4.69, 9.17) is 9.47 Å². The summed E-state index contributed by atoms with van der Waals surface area (Å²) in [5, 5.41) is 3.67. The van der Waals surface area contributed by atoms with Crippen LogP contribution in [0.1, 0.15) is 37.8 Å². The van der Waals surface area contributed by atoms with Crippen molar-refractivity contribution in [1.82, 2.24) is 15.1 Å². The zero-order valence-corrected chi connectivity index (χ0v) is 19.5. The third-order valence-electron chi connectivity index (χ3n) is 6.35. The van der Waals surface area contributed by atoms with Gasteiger partial charge in [0.25, 0.3) is 0 Å². The fourth-order valence-corrected chi connectivity index (χ4v) is 4.29. The number of likely N-dealkylation sites (tertiary alicyclic amines) is 1. The average Bonchev–Trinajstić information content (AvgIpc) is 3.58. The van der Waals surface area contributed by atoms with Crippen molar-refractivity contribution in [2.45, 2.75) is 51.7 Å². The summed E-state index contributed by atoms with van der Waals surface area (Å²) in [6.45, 7) is 9.31. The molecule has 32 heavy (non-hydrogen) atoms. The number of rotatable bonds is 10. The highest BCUT2D eigenvalue weighted by Crippen LogP contribution is 2.35. The molecule has 1 unspecified atom stereocenters. The molecular formula is C26H36FN3O2. The maximum absolute atomic E-state index is 13.4. The second-order valence-corrected chi connectivity index (χ2v) is 9.56. The van der Waals surface area contributed by atoms with Crippen LogP contribution in [0.5, 0.6) is 5.75 Å². The van der Waals surface area contributed by atoms with Crippen LogP contribution in [0.3, 0.4) is 0 Å². The van der Waals surface area contributed by atoms with Gasteiger partial charge in [0.2, 0.25) is 5.85 Å². The number of hydrogen-bond acceptors (Lipinski definition) is 5. The summed E-state index contributed by atoms with van der Waals surface area (Å²) >= 11 is 0. The van der Waals surface area contributed by atoms with E-state index >= 15 is 0 Å². The van der Waals surface area contributed by atoms with Crippen LogP contribution in [0.4, 0.5) is 4.39 Å². The van der Waals surface area contributed by atoms with Crippen molar-refractivity contribution < 1.29 is 13.9 Å². The lowest BCUT2D eigenvalue weighted by molar-refractivity contribution is -0.0165. The van der Waals surface area contributed by atoms with E-state index in [1.165, 1.54) is 5.56 Å². The Labute approximate surface area is 191 Å². The Hall–Kier alpha value is -1.99. The fourth-order valence-electron chi connectivity index (χ4n) is 4.29. The minimum Gasteiger partial charge on any atom is -0.493 e. The quantitative estimate of drug-likeness (QED) is 0.441. The molecule has 2 aromatic carbocycles. The molecule has 4 rings (SSSR count). The zero-order chi connectivity index (χ0) is 22.6. The predicted molar refractivity (Wildman–Crippen MR) is 125 cm³/mol. The molecule has 2 aromatic rings. The van der Waals surface area contributed by atoms with Gasteiger partial charge in [0.05, 0.1) is 6.61 Å². The first-order valence-corrected chi connectivity index (χ1v) is 11.7. The van der Waals surface area contributed by atoms with Gasteiger partial charge in [-0.3, -0.25) is 10.2 Å². The van der Waals surface area contributed by atoms with E-state index in [-0.39, 0.29) is 5.82 Å². The predicted octanol–water partition coefficient (Wildman–Crippen LogP) is 4.23. The largest absolute Gasteiger partial charge is 0.493 e. The SMILES string of the molecule is CC(C)COc1ccc(CNC2(N(Cc3ccc(F)cc3)C3CCN(C)CC3)CO2)cc1. The molecule has 0 aromatic heterocycles. The van der Waals surface area contributed by atoms with Crippen LogP contribution in [0.2, 0.25) is 0 Å². The molecule has 2 heterocycles. The molecule has 2 aliphatic rings. The summed E-state index contributed by atoms with van der Waals surface area (Å²) in [5.74, 6) is 0.761. The van der Waals surface area contributed by atoms with Gasteiger partial charge < -0.3 is 14.4 Å². The van der Waals surface area contributed by atoms with Crippen LogP contribution < -0.4 is 10.1 Å². The van der Waals surface area contributed by atoms with Gasteiger partial charge >= 0.3 is 0 Å².